The topological polar surface area (TPSA) is 56.2 Å². The van der Waals surface area contributed by atoms with E-state index in [-0.39, 0.29) is 17.6 Å². The van der Waals surface area contributed by atoms with Gasteiger partial charge in [-0.05, 0) is 41.3 Å². The molecule has 0 spiro atoms. The molecule has 0 N–H and O–H groups in total. The Hall–Kier alpha value is -3.52. The van der Waals surface area contributed by atoms with Crippen molar-refractivity contribution < 1.29 is 14.0 Å². The summed E-state index contributed by atoms with van der Waals surface area (Å²) < 4.78 is 14.1. The third kappa shape index (κ3) is 4.39. The van der Waals surface area contributed by atoms with Crippen LogP contribution in [0.25, 0.3) is 0 Å². The number of fused-ring (bicyclic) bond motifs is 1. The van der Waals surface area contributed by atoms with Crippen molar-refractivity contribution in [3.05, 3.63) is 87.4 Å². The van der Waals surface area contributed by atoms with Crippen LogP contribution in [0.3, 0.4) is 0 Å². The Balaban J connectivity index is 1.25. The van der Waals surface area contributed by atoms with Crippen LogP contribution in [0.2, 0.25) is 0 Å². The van der Waals surface area contributed by atoms with E-state index in [0.29, 0.717) is 50.5 Å². The maximum atomic E-state index is 14.1. The van der Waals surface area contributed by atoms with E-state index in [4.69, 9.17) is 0 Å². The summed E-state index contributed by atoms with van der Waals surface area (Å²) >= 11 is 1.44. The molecule has 0 bridgehead atoms. The van der Waals surface area contributed by atoms with Crippen LogP contribution in [0.1, 0.15) is 31.2 Å². The molecule has 3 heterocycles. The average Bonchev–Trinajstić information content (AvgIpc) is 3.39. The number of aliphatic imine (C=N–C) groups is 1. The van der Waals surface area contributed by atoms with Crippen molar-refractivity contribution in [2.45, 2.75) is 6.54 Å². The molecule has 168 valence electrons. The van der Waals surface area contributed by atoms with Gasteiger partial charge in [0.05, 0.1) is 16.1 Å². The molecule has 0 saturated carbocycles. The Morgan fingerprint density at radius 3 is 2.45 bits per heavy atom. The molecule has 2 aliphatic rings. The van der Waals surface area contributed by atoms with Gasteiger partial charge in [-0.2, -0.15) is 0 Å². The van der Waals surface area contributed by atoms with Crippen LogP contribution in [-0.2, 0) is 6.54 Å². The van der Waals surface area contributed by atoms with Crippen LogP contribution in [0.4, 0.5) is 10.1 Å². The number of piperazine rings is 1. The second-order valence-corrected chi connectivity index (χ2v) is 9.03. The molecular formula is C25H23FN4O2S. The van der Waals surface area contributed by atoms with E-state index < -0.39 is 0 Å². The maximum Gasteiger partial charge on any atom is 0.264 e. The zero-order valence-corrected chi connectivity index (χ0v) is 18.8. The number of amides is 2. The summed E-state index contributed by atoms with van der Waals surface area (Å²) in [7, 11) is 0. The van der Waals surface area contributed by atoms with Crippen molar-refractivity contribution in [1.82, 2.24) is 9.80 Å². The van der Waals surface area contributed by atoms with Crippen molar-refractivity contribution in [2.24, 2.45) is 4.99 Å². The first-order valence-electron chi connectivity index (χ1n) is 10.8. The number of benzene rings is 2. The van der Waals surface area contributed by atoms with E-state index >= 15 is 0 Å². The molecule has 2 aliphatic heterocycles. The Kier molecular flexibility index (Phi) is 5.92. The SMILES string of the molecule is O=C(c1cccc(CN2CN=Cc3c(F)cccc32)c1)N1CCN(C(=O)c2cccs2)CC1. The van der Waals surface area contributed by atoms with Crippen molar-refractivity contribution in [3.63, 3.8) is 0 Å². The zero-order valence-electron chi connectivity index (χ0n) is 18.0. The third-order valence-corrected chi connectivity index (χ3v) is 6.83. The Morgan fingerprint density at radius 1 is 0.939 bits per heavy atom. The summed E-state index contributed by atoms with van der Waals surface area (Å²) in [5.41, 5.74) is 2.87. The average molecular weight is 463 g/mol. The lowest BCUT2D eigenvalue weighted by molar-refractivity contribution is 0.0538. The molecule has 3 aromatic rings. The van der Waals surface area contributed by atoms with Gasteiger partial charge in [-0.25, -0.2) is 4.39 Å². The highest BCUT2D eigenvalue weighted by molar-refractivity contribution is 7.12. The standard InChI is InChI=1S/C25H23FN4O2S/c26-21-6-2-7-22-20(21)15-27-17-30(22)16-18-4-1-5-19(14-18)24(31)28-9-11-29(12-10-28)25(32)23-8-3-13-33-23/h1-8,13-15H,9-12,16-17H2. The first kappa shape index (κ1) is 21.3. The predicted molar refractivity (Wildman–Crippen MR) is 128 cm³/mol. The van der Waals surface area contributed by atoms with Gasteiger partial charge in [0.15, 0.2) is 0 Å². The highest BCUT2D eigenvalue weighted by Gasteiger charge is 2.26. The van der Waals surface area contributed by atoms with E-state index in [1.165, 1.54) is 17.4 Å². The molecule has 6 nitrogen and oxygen atoms in total. The van der Waals surface area contributed by atoms with Crippen molar-refractivity contribution in [3.8, 4) is 0 Å². The Labute approximate surface area is 195 Å². The summed E-state index contributed by atoms with van der Waals surface area (Å²) in [6, 6.07) is 16.3. The van der Waals surface area contributed by atoms with Crippen molar-refractivity contribution in [1.29, 1.82) is 0 Å². The Bertz CT molecular complexity index is 1200. The Morgan fingerprint density at radius 2 is 1.70 bits per heavy atom. The largest absolute Gasteiger partial charge is 0.347 e. The second kappa shape index (κ2) is 9.15. The fourth-order valence-corrected chi connectivity index (χ4v) is 4.94. The lowest BCUT2D eigenvalue weighted by Crippen LogP contribution is -2.50. The smallest absolute Gasteiger partial charge is 0.264 e. The van der Waals surface area contributed by atoms with Crippen LogP contribution in [0.15, 0.2) is 65.0 Å². The summed E-state index contributed by atoms with van der Waals surface area (Å²) in [4.78, 5) is 36.3. The molecule has 8 heteroatoms. The lowest BCUT2D eigenvalue weighted by Gasteiger charge is -2.34. The summed E-state index contributed by atoms with van der Waals surface area (Å²) in [6.45, 7) is 3.03. The van der Waals surface area contributed by atoms with E-state index in [1.807, 2.05) is 52.7 Å². The summed E-state index contributed by atoms with van der Waals surface area (Å²) in [5.74, 6) is -0.301. The number of halogens is 1. The molecular weight excluding hydrogens is 439 g/mol. The number of hydrogen-bond acceptors (Lipinski definition) is 5. The van der Waals surface area contributed by atoms with Gasteiger partial charge in [-0.3, -0.25) is 14.6 Å². The van der Waals surface area contributed by atoms with E-state index in [9.17, 15) is 14.0 Å². The van der Waals surface area contributed by atoms with Gasteiger partial charge in [0.2, 0.25) is 0 Å². The molecule has 33 heavy (non-hydrogen) atoms. The fraction of sp³-hybridized carbons (Fsp3) is 0.240. The van der Waals surface area contributed by atoms with Crippen LogP contribution < -0.4 is 4.90 Å². The van der Waals surface area contributed by atoms with Gasteiger partial charge >= 0.3 is 0 Å². The van der Waals surface area contributed by atoms with Gasteiger partial charge in [-0.15, -0.1) is 11.3 Å². The molecule has 0 unspecified atom stereocenters. The van der Waals surface area contributed by atoms with E-state index in [2.05, 4.69) is 4.99 Å². The van der Waals surface area contributed by atoms with Gasteiger partial charge < -0.3 is 14.7 Å². The highest BCUT2D eigenvalue weighted by atomic mass is 32.1. The first-order valence-corrected chi connectivity index (χ1v) is 11.7. The molecule has 0 atom stereocenters. The number of rotatable bonds is 4. The number of carbonyl (C=O) groups is 2. The maximum absolute atomic E-state index is 14.1. The van der Waals surface area contributed by atoms with E-state index in [1.54, 1.807) is 22.1 Å². The van der Waals surface area contributed by atoms with Gasteiger partial charge in [0.25, 0.3) is 11.8 Å². The minimum absolute atomic E-state index is 0.0278. The molecule has 1 fully saturated rings. The quantitative estimate of drug-likeness (QED) is 0.591. The monoisotopic (exact) mass is 462 g/mol. The van der Waals surface area contributed by atoms with Crippen LogP contribution in [-0.4, -0.2) is 60.7 Å². The number of thiophene rings is 1. The summed E-state index contributed by atoms with van der Waals surface area (Å²) in [6.07, 6.45) is 1.57. The minimum Gasteiger partial charge on any atom is -0.347 e. The number of anilines is 1. The van der Waals surface area contributed by atoms with Crippen LogP contribution in [0.5, 0.6) is 0 Å². The predicted octanol–water partition coefficient (Wildman–Crippen LogP) is 3.88. The zero-order chi connectivity index (χ0) is 22.8. The molecule has 1 saturated heterocycles. The highest BCUT2D eigenvalue weighted by Crippen LogP contribution is 2.26. The molecule has 0 aliphatic carbocycles. The van der Waals surface area contributed by atoms with Gasteiger partial charge in [0, 0.05) is 44.5 Å². The lowest BCUT2D eigenvalue weighted by atomic mass is 10.1. The van der Waals surface area contributed by atoms with E-state index in [0.717, 1.165) is 16.1 Å². The molecule has 1 aromatic heterocycles. The first-order chi connectivity index (χ1) is 16.1. The fourth-order valence-electron chi connectivity index (χ4n) is 4.25. The molecule has 5 rings (SSSR count). The molecule has 0 radical (unpaired) electrons. The summed E-state index contributed by atoms with van der Waals surface area (Å²) in [5, 5.41) is 1.89. The second-order valence-electron chi connectivity index (χ2n) is 8.09. The number of nitrogens with zero attached hydrogens (tertiary/aromatic N) is 4. The van der Waals surface area contributed by atoms with Gasteiger partial charge in [0.1, 0.15) is 12.5 Å². The molecule has 2 amide bonds. The van der Waals surface area contributed by atoms with Crippen LogP contribution in [0, 0.1) is 5.82 Å². The minimum atomic E-state index is -0.290. The third-order valence-electron chi connectivity index (χ3n) is 5.98. The van der Waals surface area contributed by atoms with Crippen molar-refractivity contribution in [2.75, 3.05) is 37.7 Å². The van der Waals surface area contributed by atoms with Crippen LogP contribution >= 0.6 is 11.3 Å². The number of hydrogen-bond donors (Lipinski definition) is 0. The van der Waals surface area contributed by atoms with Crippen molar-refractivity contribution >= 4 is 35.1 Å². The normalized spacial score (nSPS) is 15.5. The van der Waals surface area contributed by atoms with Gasteiger partial charge in [-0.1, -0.05) is 24.3 Å². The molecule has 2 aromatic carbocycles. The number of carbonyl (C=O) groups excluding carboxylic acids is 2.